The molecule has 0 N–H and O–H groups in total. The zero-order chi connectivity index (χ0) is 11.5. The molecule has 1 heterocycles. The third-order valence-corrected chi connectivity index (χ3v) is 3.03. The van der Waals surface area contributed by atoms with Crippen LogP contribution in [0.15, 0.2) is 28.7 Å². The number of hydrogen-bond donors (Lipinski definition) is 0. The molecule has 0 aliphatic carbocycles. The molecule has 0 bridgehead atoms. The summed E-state index contributed by atoms with van der Waals surface area (Å²) in [5, 5.41) is 8.00. The number of aromatic nitrogens is 3. The Bertz CT molecular complexity index is 496. The monoisotopic (exact) mass is 281 g/mol. The average molecular weight is 282 g/mol. The van der Waals surface area contributed by atoms with Crippen LogP contribution in [0.1, 0.15) is 11.6 Å². The Morgan fingerprint density at radius 3 is 2.69 bits per heavy atom. The van der Waals surface area contributed by atoms with Crippen LogP contribution in [0.4, 0.5) is 0 Å². The van der Waals surface area contributed by atoms with Crippen molar-refractivity contribution in [1.82, 2.24) is 14.8 Å². The molecule has 16 heavy (non-hydrogen) atoms. The summed E-state index contributed by atoms with van der Waals surface area (Å²) in [5.74, 6) is 2.50. The molecule has 1 aromatic carbocycles. The molecule has 0 radical (unpaired) electrons. The summed E-state index contributed by atoms with van der Waals surface area (Å²) in [7, 11) is 1.92. The van der Waals surface area contributed by atoms with Gasteiger partial charge in [0.2, 0.25) is 0 Å². The number of halogens is 1. The van der Waals surface area contributed by atoms with Gasteiger partial charge in [-0.05, 0) is 35.0 Å². The van der Waals surface area contributed by atoms with Crippen LogP contribution < -0.4 is 4.74 Å². The zero-order valence-electron chi connectivity index (χ0n) is 9.14. The van der Waals surface area contributed by atoms with Crippen LogP contribution >= 0.6 is 15.9 Å². The zero-order valence-corrected chi connectivity index (χ0v) is 10.7. The smallest absolute Gasteiger partial charge is 0.170 e. The van der Waals surface area contributed by atoms with Crippen LogP contribution in [0.5, 0.6) is 5.75 Å². The number of para-hydroxylation sites is 1. The Hall–Kier alpha value is -1.36. The molecule has 2 rings (SSSR count). The highest BCUT2D eigenvalue weighted by Gasteiger charge is 2.06. The second kappa shape index (κ2) is 4.65. The van der Waals surface area contributed by atoms with Crippen molar-refractivity contribution in [3.63, 3.8) is 0 Å². The maximum Gasteiger partial charge on any atom is 0.170 e. The lowest BCUT2D eigenvalue weighted by molar-refractivity contribution is 0.289. The van der Waals surface area contributed by atoms with E-state index in [2.05, 4.69) is 26.1 Å². The van der Waals surface area contributed by atoms with Crippen molar-refractivity contribution in [2.45, 2.75) is 13.5 Å². The molecule has 4 nitrogen and oxygen atoms in total. The first-order chi connectivity index (χ1) is 7.68. The SMILES string of the molecule is Cc1nnc(COc2ccccc2Br)n1C. The van der Waals surface area contributed by atoms with Crippen LogP contribution in [0.25, 0.3) is 0 Å². The third-order valence-electron chi connectivity index (χ3n) is 2.38. The van der Waals surface area contributed by atoms with E-state index in [1.807, 2.05) is 42.8 Å². The van der Waals surface area contributed by atoms with E-state index in [-0.39, 0.29) is 0 Å². The molecule has 0 atom stereocenters. The van der Waals surface area contributed by atoms with Crippen molar-refractivity contribution in [2.24, 2.45) is 7.05 Å². The van der Waals surface area contributed by atoms with Gasteiger partial charge in [-0.2, -0.15) is 0 Å². The Morgan fingerprint density at radius 2 is 2.06 bits per heavy atom. The Labute approximate surface area is 102 Å². The number of nitrogens with zero attached hydrogens (tertiary/aromatic N) is 3. The summed E-state index contributed by atoms with van der Waals surface area (Å²) < 4.78 is 8.50. The molecule has 84 valence electrons. The Morgan fingerprint density at radius 1 is 1.31 bits per heavy atom. The maximum absolute atomic E-state index is 5.65. The molecule has 0 fully saturated rings. The average Bonchev–Trinajstić information content (AvgIpc) is 2.59. The first-order valence-corrected chi connectivity index (χ1v) is 5.70. The maximum atomic E-state index is 5.65. The number of ether oxygens (including phenoxy) is 1. The molecule has 0 saturated heterocycles. The second-order valence-electron chi connectivity index (χ2n) is 3.44. The van der Waals surface area contributed by atoms with Crippen LogP contribution in [0.3, 0.4) is 0 Å². The van der Waals surface area contributed by atoms with E-state index in [1.165, 1.54) is 0 Å². The molecule has 0 amide bonds. The summed E-state index contributed by atoms with van der Waals surface area (Å²) >= 11 is 3.43. The standard InChI is InChI=1S/C11H12BrN3O/c1-8-13-14-11(15(8)2)7-16-10-6-4-3-5-9(10)12/h3-6H,7H2,1-2H3. The molecule has 1 aromatic heterocycles. The van der Waals surface area contributed by atoms with Crippen molar-refractivity contribution in [2.75, 3.05) is 0 Å². The Kier molecular flexibility index (Phi) is 3.24. The number of aryl methyl sites for hydroxylation is 1. The molecule has 0 spiro atoms. The van der Waals surface area contributed by atoms with Gasteiger partial charge in [0.05, 0.1) is 4.47 Å². The first kappa shape index (κ1) is 11.1. The van der Waals surface area contributed by atoms with Gasteiger partial charge < -0.3 is 9.30 Å². The molecule has 0 unspecified atom stereocenters. The largest absolute Gasteiger partial charge is 0.484 e. The summed E-state index contributed by atoms with van der Waals surface area (Å²) in [6, 6.07) is 7.73. The van der Waals surface area contributed by atoms with Crippen LogP contribution in [-0.2, 0) is 13.7 Å². The van der Waals surface area contributed by atoms with E-state index < -0.39 is 0 Å². The van der Waals surface area contributed by atoms with Gasteiger partial charge in [-0.1, -0.05) is 12.1 Å². The molecule has 0 aliphatic rings. The highest BCUT2D eigenvalue weighted by atomic mass is 79.9. The highest BCUT2D eigenvalue weighted by Crippen LogP contribution is 2.24. The van der Waals surface area contributed by atoms with Gasteiger partial charge in [0.15, 0.2) is 5.82 Å². The van der Waals surface area contributed by atoms with E-state index in [0.29, 0.717) is 6.61 Å². The van der Waals surface area contributed by atoms with Gasteiger partial charge in [-0.15, -0.1) is 10.2 Å². The fourth-order valence-corrected chi connectivity index (χ4v) is 1.68. The minimum absolute atomic E-state index is 0.417. The fourth-order valence-electron chi connectivity index (χ4n) is 1.28. The van der Waals surface area contributed by atoms with Gasteiger partial charge in [-0.3, -0.25) is 0 Å². The topological polar surface area (TPSA) is 39.9 Å². The van der Waals surface area contributed by atoms with Crippen molar-refractivity contribution in [3.05, 3.63) is 40.4 Å². The lowest BCUT2D eigenvalue weighted by Crippen LogP contribution is -2.04. The van der Waals surface area contributed by atoms with Gasteiger partial charge in [0.25, 0.3) is 0 Å². The first-order valence-electron chi connectivity index (χ1n) is 4.90. The number of benzene rings is 1. The highest BCUT2D eigenvalue weighted by molar-refractivity contribution is 9.10. The van der Waals surface area contributed by atoms with Gasteiger partial charge >= 0.3 is 0 Å². The van der Waals surface area contributed by atoms with E-state index in [9.17, 15) is 0 Å². The summed E-state index contributed by atoms with van der Waals surface area (Å²) in [5.41, 5.74) is 0. The van der Waals surface area contributed by atoms with Crippen LogP contribution in [0, 0.1) is 6.92 Å². The summed E-state index contributed by atoms with van der Waals surface area (Å²) in [4.78, 5) is 0. The molecule has 0 saturated carbocycles. The summed E-state index contributed by atoms with van der Waals surface area (Å²) in [6.07, 6.45) is 0. The van der Waals surface area contributed by atoms with Gasteiger partial charge in [0, 0.05) is 7.05 Å². The minimum atomic E-state index is 0.417. The number of hydrogen-bond acceptors (Lipinski definition) is 3. The van der Waals surface area contributed by atoms with Crippen molar-refractivity contribution >= 4 is 15.9 Å². The molecule has 2 aromatic rings. The lowest BCUT2D eigenvalue weighted by atomic mass is 10.3. The quantitative estimate of drug-likeness (QED) is 0.868. The fraction of sp³-hybridized carbons (Fsp3) is 0.273. The minimum Gasteiger partial charge on any atom is -0.484 e. The Balaban J connectivity index is 2.08. The van der Waals surface area contributed by atoms with Gasteiger partial charge in [0.1, 0.15) is 18.2 Å². The lowest BCUT2D eigenvalue weighted by Gasteiger charge is -2.07. The van der Waals surface area contributed by atoms with E-state index >= 15 is 0 Å². The molecule has 5 heteroatoms. The van der Waals surface area contributed by atoms with Crippen molar-refractivity contribution in [3.8, 4) is 5.75 Å². The van der Waals surface area contributed by atoms with Crippen LogP contribution in [0.2, 0.25) is 0 Å². The van der Waals surface area contributed by atoms with Crippen molar-refractivity contribution < 1.29 is 4.74 Å². The molecular formula is C11H12BrN3O. The third kappa shape index (κ3) is 2.24. The normalized spacial score (nSPS) is 10.4. The molecule has 0 aliphatic heterocycles. The van der Waals surface area contributed by atoms with Gasteiger partial charge in [-0.25, -0.2) is 0 Å². The summed E-state index contributed by atoms with van der Waals surface area (Å²) in [6.45, 7) is 2.33. The molecular weight excluding hydrogens is 270 g/mol. The van der Waals surface area contributed by atoms with Crippen molar-refractivity contribution in [1.29, 1.82) is 0 Å². The van der Waals surface area contributed by atoms with E-state index in [0.717, 1.165) is 21.9 Å². The van der Waals surface area contributed by atoms with E-state index in [4.69, 9.17) is 4.74 Å². The van der Waals surface area contributed by atoms with E-state index in [1.54, 1.807) is 0 Å². The predicted octanol–water partition coefficient (Wildman–Crippen LogP) is 2.47. The number of rotatable bonds is 3. The van der Waals surface area contributed by atoms with Crippen LogP contribution in [-0.4, -0.2) is 14.8 Å². The predicted molar refractivity (Wildman–Crippen MR) is 64.2 cm³/mol. The second-order valence-corrected chi connectivity index (χ2v) is 4.30.